The van der Waals surface area contributed by atoms with Gasteiger partial charge in [0.05, 0.1) is 34.9 Å². The van der Waals surface area contributed by atoms with Crippen LogP contribution in [0, 0.1) is 0 Å². The molecule has 0 aliphatic carbocycles. The largest absolute Gasteiger partial charge is 0.472 e. The molecule has 0 radical (unpaired) electrons. The second-order valence-electron chi connectivity index (χ2n) is 6.18. The molecule has 5 heteroatoms. The molecule has 0 amide bonds. The van der Waals surface area contributed by atoms with Gasteiger partial charge in [-0.3, -0.25) is 4.79 Å². The van der Waals surface area contributed by atoms with Gasteiger partial charge in [0.2, 0.25) is 5.78 Å². The van der Waals surface area contributed by atoms with Gasteiger partial charge in [-0.2, -0.15) is 0 Å². The van der Waals surface area contributed by atoms with Crippen LogP contribution in [-0.4, -0.2) is 22.4 Å². The van der Waals surface area contributed by atoms with Crippen LogP contribution in [0.4, 0.5) is 0 Å². The average Bonchev–Trinajstić information content (AvgIpc) is 3.22. The molecule has 2 aromatic heterocycles. The van der Waals surface area contributed by atoms with E-state index in [2.05, 4.69) is 6.92 Å². The van der Waals surface area contributed by atoms with Crippen LogP contribution >= 0.6 is 0 Å². The van der Waals surface area contributed by atoms with E-state index in [1.807, 2.05) is 30.6 Å². The highest BCUT2D eigenvalue weighted by Gasteiger charge is 2.29. The summed E-state index contributed by atoms with van der Waals surface area (Å²) in [6.45, 7) is 6.21. The molecular formula is C19H21NO4. The maximum absolute atomic E-state index is 12.9. The molecule has 2 aromatic rings. The van der Waals surface area contributed by atoms with Crippen molar-refractivity contribution in [3.63, 3.8) is 0 Å². The molecule has 0 spiro atoms. The Hall–Kier alpha value is -2.56. The fourth-order valence-corrected chi connectivity index (χ4v) is 3.03. The molecule has 0 atom stereocenters. The van der Waals surface area contributed by atoms with Crippen molar-refractivity contribution in [1.29, 1.82) is 0 Å². The van der Waals surface area contributed by atoms with Gasteiger partial charge in [0, 0.05) is 6.54 Å². The number of esters is 1. The number of aryl methyl sites for hydroxylation is 1. The van der Waals surface area contributed by atoms with Crippen LogP contribution in [0.1, 0.15) is 54.5 Å². The second kappa shape index (κ2) is 6.51. The van der Waals surface area contributed by atoms with Crippen LogP contribution < -0.4 is 0 Å². The fraction of sp³-hybridized carbons (Fsp3) is 0.368. The summed E-state index contributed by atoms with van der Waals surface area (Å²) in [6.07, 6.45) is 6.29. The Balaban J connectivity index is 2.01. The third-order valence-corrected chi connectivity index (χ3v) is 4.01. The molecule has 126 valence electrons. The van der Waals surface area contributed by atoms with E-state index in [9.17, 15) is 9.59 Å². The van der Waals surface area contributed by atoms with Crippen LogP contribution in [0.3, 0.4) is 0 Å². The lowest BCUT2D eigenvalue weighted by molar-refractivity contribution is -0.140. The van der Waals surface area contributed by atoms with Crippen molar-refractivity contribution in [1.82, 2.24) is 4.57 Å². The standard InChI is InChI=1S/C19H21NO4/c1-4-5-13-10-16-15(19(22)24-12(2)3)6-8-20(16)17(13)18(21)14-7-9-23-11-14/h6-7,9-12H,4-5,8H2,1-3H3. The van der Waals surface area contributed by atoms with Crippen molar-refractivity contribution in [2.24, 2.45) is 0 Å². The summed E-state index contributed by atoms with van der Waals surface area (Å²) in [5.41, 5.74) is 3.41. The van der Waals surface area contributed by atoms with Gasteiger partial charge in [0.25, 0.3) is 0 Å². The highest BCUT2D eigenvalue weighted by molar-refractivity contribution is 6.18. The SMILES string of the molecule is CCCc1cc2n(c1C(=O)c1ccoc1)CC=C2C(=O)OC(C)C. The van der Waals surface area contributed by atoms with Crippen molar-refractivity contribution >= 4 is 17.3 Å². The summed E-state index contributed by atoms with van der Waals surface area (Å²) in [7, 11) is 0. The number of nitrogens with zero attached hydrogens (tertiary/aromatic N) is 1. The number of rotatable bonds is 6. The average molecular weight is 327 g/mol. The molecule has 1 aliphatic rings. The zero-order chi connectivity index (χ0) is 17.3. The summed E-state index contributed by atoms with van der Waals surface area (Å²) in [5.74, 6) is -0.420. The molecule has 5 nitrogen and oxygen atoms in total. The van der Waals surface area contributed by atoms with E-state index in [0.717, 1.165) is 24.1 Å². The highest BCUT2D eigenvalue weighted by Crippen LogP contribution is 2.31. The van der Waals surface area contributed by atoms with Crippen LogP contribution in [0.2, 0.25) is 0 Å². The monoisotopic (exact) mass is 327 g/mol. The van der Waals surface area contributed by atoms with Crippen molar-refractivity contribution in [2.45, 2.75) is 46.3 Å². The first kappa shape index (κ1) is 16.3. The Morgan fingerprint density at radius 3 is 2.79 bits per heavy atom. The molecule has 1 aliphatic heterocycles. The van der Waals surface area contributed by atoms with E-state index in [1.165, 1.54) is 12.5 Å². The lowest BCUT2D eigenvalue weighted by Crippen LogP contribution is -2.13. The van der Waals surface area contributed by atoms with Gasteiger partial charge in [-0.05, 0) is 44.0 Å². The molecular weight excluding hydrogens is 306 g/mol. The second-order valence-corrected chi connectivity index (χ2v) is 6.18. The van der Waals surface area contributed by atoms with Gasteiger partial charge in [-0.25, -0.2) is 4.79 Å². The van der Waals surface area contributed by atoms with E-state index in [1.54, 1.807) is 6.07 Å². The van der Waals surface area contributed by atoms with Crippen LogP contribution in [0.5, 0.6) is 0 Å². The third kappa shape index (κ3) is 2.82. The smallest absolute Gasteiger partial charge is 0.340 e. The van der Waals surface area contributed by atoms with Crippen molar-refractivity contribution in [3.05, 3.63) is 53.2 Å². The van der Waals surface area contributed by atoms with Gasteiger partial charge in [0.1, 0.15) is 6.26 Å². The Labute approximate surface area is 140 Å². The van der Waals surface area contributed by atoms with Gasteiger partial charge >= 0.3 is 5.97 Å². The van der Waals surface area contributed by atoms with Gasteiger partial charge in [0.15, 0.2) is 0 Å². The molecule has 0 saturated carbocycles. The van der Waals surface area contributed by atoms with E-state index < -0.39 is 0 Å². The first-order chi connectivity index (χ1) is 11.5. The number of fused-ring (bicyclic) bond motifs is 1. The Kier molecular flexibility index (Phi) is 4.42. The lowest BCUT2D eigenvalue weighted by Gasteiger charge is -2.09. The summed E-state index contributed by atoms with van der Waals surface area (Å²) in [6, 6.07) is 3.60. The maximum atomic E-state index is 12.9. The van der Waals surface area contributed by atoms with E-state index >= 15 is 0 Å². The minimum Gasteiger partial charge on any atom is -0.472 e. The predicted octanol–water partition coefficient (Wildman–Crippen LogP) is 3.61. The molecule has 3 heterocycles. The zero-order valence-corrected chi connectivity index (χ0v) is 14.2. The molecule has 24 heavy (non-hydrogen) atoms. The Bertz CT molecular complexity index is 794. The molecule has 0 aromatic carbocycles. The van der Waals surface area contributed by atoms with Crippen molar-refractivity contribution < 1.29 is 18.7 Å². The lowest BCUT2D eigenvalue weighted by atomic mass is 10.0. The fourth-order valence-electron chi connectivity index (χ4n) is 3.03. The van der Waals surface area contributed by atoms with Crippen LogP contribution in [-0.2, 0) is 22.5 Å². The van der Waals surface area contributed by atoms with Crippen molar-refractivity contribution in [2.75, 3.05) is 0 Å². The molecule has 0 unspecified atom stereocenters. The van der Waals surface area contributed by atoms with E-state index in [4.69, 9.17) is 9.15 Å². The number of aromatic nitrogens is 1. The number of allylic oxidation sites excluding steroid dienone is 1. The highest BCUT2D eigenvalue weighted by atomic mass is 16.5. The predicted molar refractivity (Wildman–Crippen MR) is 89.8 cm³/mol. The number of hydrogen-bond donors (Lipinski definition) is 0. The van der Waals surface area contributed by atoms with E-state index in [-0.39, 0.29) is 17.9 Å². The summed E-state index contributed by atoms with van der Waals surface area (Å²) >= 11 is 0. The topological polar surface area (TPSA) is 61.4 Å². The molecule has 0 N–H and O–H groups in total. The molecule has 0 saturated heterocycles. The number of hydrogen-bond acceptors (Lipinski definition) is 4. The van der Waals surface area contributed by atoms with E-state index in [0.29, 0.717) is 23.4 Å². The number of ketones is 1. The summed E-state index contributed by atoms with van der Waals surface area (Å²) in [4.78, 5) is 25.1. The summed E-state index contributed by atoms with van der Waals surface area (Å²) < 4.78 is 12.3. The minimum atomic E-state index is -0.341. The Morgan fingerprint density at radius 2 is 2.17 bits per heavy atom. The number of furan rings is 1. The van der Waals surface area contributed by atoms with Gasteiger partial charge in [-0.1, -0.05) is 13.3 Å². The molecule has 3 rings (SSSR count). The number of carbonyl (C=O) groups is 2. The first-order valence-electron chi connectivity index (χ1n) is 8.23. The zero-order valence-electron chi connectivity index (χ0n) is 14.2. The normalized spacial score (nSPS) is 13.1. The van der Waals surface area contributed by atoms with Gasteiger partial charge < -0.3 is 13.7 Å². The molecule has 0 fully saturated rings. The van der Waals surface area contributed by atoms with Crippen LogP contribution in [0.25, 0.3) is 5.57 Å². The number of ether oxygens (including phenoxy) is 1. The minimum absolute atomic E-state index is 0.0784. The Morgan fingerprint density at radius 1 is 1.38 bits per heavy atom. The maximum Gasteiger partial charge on any atom is 0.340 e. The number of carbonyl (C=O) groups excluding carboxylic acids is 2. The van der Waals surface area contributed by atoms with Crippen LogP contribution in [0.15, 0.2) is 35.2 Å². The summed E-state index contributed by atoms with van der Waals surface area (Å²) in [5, 5.41) is 0. The third-order valence-electron chi connectivity index (χ3n) is 4.01. The quantitative estimate of drug-likeness (QED) is 0.600. The van der Waals surface area contributed by atoms with Gasteiger partial charge in [-0.15, -0.1) is 0 Å². The molecule has 0 bridgehead atoms. The van der Waals surface area contributed by atoms with Crippen molar-refractivity contribution in [3.8, 4) is 0 Å². The first-order valence-corrected chi connectivity index (χ1v) is 8.23.